The fourth-order valence-electron chi connectivity index (χ4n) is 4.15. The highest BCUT2D eigenvalue weighted by Gasteiger charge is 2.31. The van der Waals surface area contributed by atoms with Crippen LogP contribution in [0, 0.1) is 11.8 Å². The van der Waals surface area contributed by atoms with Gasteiger partial charge < -0.3 is 19.5 Å². The van der Waals surface area contributed by atoms with Crippen LogP contribution < -0.4 is 16.3 Å². The Kier molecular flexibility index (Phi) is 9.50. The first-order valence-corrected chi connectivity index (χ1v) is 12.6. The van der Waals surface area contributed by atoms with Gasteiger partial charge in [0, 0.05) is 25.6 Å². The molecule has 1 fully saturated rings. The molecule has 1 aromatic heterocycles. The van der Waals surface area contributed by atoms with E-state index in [9.17, 15) is 19.2 Å². The minimum Gasteiger partial charge on any atom is -0.445 e. The molecule has 0 radical (unpaired) electrons. The molecule has 2 N–H and O–H groups in total. The van der Waals surface area contributed by atoms with Crippen LogP contribution in [0.25, 0.3) is 11.0 Å². The fraction of sp³-hybridized carbons (Fsp3) is 0.357. The second kappa shape index (κ2) is 13.4. The maximum Gasteiger partial charge on any atom is 0.407 e. The number of alkyl carbamates (subject to hydrolysis) is 1. The molecule has 0 spiro atoms. The van der Waals surface area contributed by atoms with E-state index in [-0.39, 0.29) is 37.7 Å². The molecule has 1 saturated heterocycles. The zero-order chi connectivity index (χ0) is 27.6. The molecule has 11 heteroatoms. The van der Waals surface area contributed by atoms with Crippen LogP contribution in [-0.4, -0.2) is 60.0 Å². The highest BCUT2D eigenvalue weighted by atomic mass is 16.5. The summed E-state index contributed by atoms with van der Waals surface area (Å²) in [6, 6.07) is 14.0. The zero-order valence-electron chi connectivity index (χ0n) is 21.6. The van der Waals surface area contributed by atoms with Gasteiger partial charge in [-0.2, -0.15) is 0 Å². The van der Waals surface area contributed by atoms with E-state index in [2.05, 4.69) is 22.5 Å². The third-order valence-electron chi connectivity index (χ3n) is 6.12. The van der Waals surface area contributed by atoms with Crippen molar-refractivity contribution in [2.45, 2.75) is 25.5 Å². The molecule has 11 nitrogen and oxygen atoms in total. The van der Waals surface area contributed by atoms with Gasteiger partial charge in [0.1, 0.15) is 19.3 Å². The number of piperidine rings is 1. The second-order valence-electron chi connectivity index (χ2n) is 8.84. The Hall–Kier alpha value is -4.40. The molecule has 1 aliphatic heterocycles. The van der Waals surface area contributed by atoms with Crippen LogP contribution >= 0.6 is 0 Å². The molecule has 3 aromatic rings. The number of fused-ring (bicyclic) bond motifs is 1. The van der Waals surface area contributed by atoms with Gasteiger partial charge in [0.15, 0.2) is 0 Å². The molecule has 2 aromatic carbocycles. The second-order valence-corrected chi connectivity index (χ2v) is 8.84. The number of aromatic nitrogens is 2. The third-order valence-corrected chi connectivity index (χ3v) is 6.12. The summed E-state index contributed by atoms with van der Waals surface area (Å²) in [4.78, 5) is 48.3. The first-order chi connectivity index (χ1) is 18.9. The third kappa shape index (κ3) is 7.34. The Morgan fingerprint density at radius 2 is 1.85 bits per heavy atom. The number of imide groups is 1. The van der Waals surface area contributed by atoms with Crippen molar-refractivity contribution < 1.29 is 28.6 Å². The molecular formula is C28H30N4O7. The van der Waals surface area contributed by atoms with Crippen LogP contribution in [0.15, 0.2) is 53.3 Å². The number of nitrogens with one attached hydrogen (secondary N) is 2. The van der Waals surface area contributed by atoms with E-state index in [1.54, 1.807) is 25.2 Å². The first-order valence-electron chi connectivity index (χ1n) is 12.6. The summed E-state index contributed by atoms with van der Waals surface area (Å²) >= 11 is 0. The van der Waals surface area contributed by atoms with Gasteiger partial charge in [0.2, 0.25) is 11.8 Å². The molecule has 4 rings (SSSR count). The maximum atomic E-state index is 12.8. The van der Waals surface area contributed by atoms with Gasteiger partial charge >= 0.3 is 11.8 Å². The van der Waals surface area contributed by atoms with E-state index in [0.717, 1.165) is 5.56 Å². The van der Waals surface area contributed by atoms with Gasteiger partial charge in [-0.15, -0.1) is 0 Å². The fourth-order valence-corrected chi connectivity index (χ4v) is 4.15. The Bertz CT molecular complexity index is 1450. The Morgan fingerprint density at radius 3 is 2.64 bits per heavy atom. The normalized spacial score (nSPS) is 14.9. The lowest BCUT2D eigenvalue weighted by molar-refractivity contribution is -0.135. The Morgan fingerprint density at radius 1 is 1.05 bits per heavy atom. The van der Waals surface area contributed by atoms with Crippen LogP contribution in [-0.2, 0) is 37.5 Å². The number of nitrogens with zero attached hydrogens (tertiary/aromatic N) is 2. The quantitative estimate of drug-likeness (QED) is 0.230. The van der Waals surface area contributed by atoms with Gasteiger partial charge in [0.05, 0.1) is 30.9 Å². The largest absolute Gasteiger partial charge is 0.445 e. The highest BCUT2D eigenvalue weighted by molar-refractivity contribution is 6.00. The zero-order valence-corrected chi connectivity index (χ0v) is 21.6. The number of rotatable bonds is 10. The van der Waals surface area contributed by atoms with Gasteiger partial charge in [0.25, 0.3) is 0 Å². The summed E-state index contributed by atoms with van der Waals surface area (Å²) in [5, 5.41) is 4.92. The number of carbonyl (C=O) groups is 3. The van der Waals surface area contributed by atoms with Crippen LogP contribution in [0.1, 0.15) is 30.0 Å². The predicted molar refractivity (Wildman–Crippen MR) is 142 cm³/mol. The summed E-state index contributed by atoms with van der Waals surface area (Å²) in [5.74, 6) is 5.14. The van der Waals surface area contributed by atoms with Crippen molar-refractivity contribution in [3.63, 3.8) is 0 Å². The standard InChI is InChI=1S/C28H30N4O7/c1-31-24-18-20(9-10-22(24)32(28(31)36)23-11-12-25(33)30-26(23)34)8-5-14-37-16-17-38-15-13-29-27(35)39-19-21-6-3-2-4-7-21/h2-4,6-7,9-10,18,23H,11-17,19H2,1H3,(H,29,35)(H,30,33,34). The topological polar surface area (TPSA) is 130 Å². The summed E-state index contributed by atoms with van der Waals surface area (Å²) in [6.45, 7) is 1.75. The SMILES string of the molecule is Cn1c(=O)n(C2CCC(=O)NC2=O)c2ccc(C#CCOCCOCCNC(=O)OCc3ccccc3)cc21. The van der Waals surface area contributed by atoms with Crippen molar-refractivity contribution in [3.05, 3.63) is 70.1 Å². The maximum absolute atomic E-state index is 12.8. The molecule has 1 unspecified atom stereocenters. The number of ether oxygens (including phenoxy) is 3. The molecule has 39 heavy (non-hydrogen) atoms. The van der Waals surface area contributed by atoms with Gasteiger partial charge in [-0.05, 0) is 30.2 Å². The van der Waals surface area contributed by atoms with E-state index in [4.69, 9.17) is 14.2 Å². The Balaban J connectivity index is 1.16. The molecule has 1 atom stereocenters. The van der Waals surface area contributed by atoms with E-state index in [1.165, 1.54) is 9.13 Å². The van der Waals surface area contributed by atoms with Crippen LogP contribution in [0.5, 0.6) is 0 Å². The number of hydrogen-bond donors (Lipinski definition) is 2. The van der Waals surface area contributed by atoms with Gasteiger partial charge in [-0.3, -0.25) is 24.0 Å². The minimum atomic E-state index is -0.726. The van der Waals surface area contributed by atoms with E-state index in [1.807, 2.05) is 30.3 Å². The van der Waals surface area contributed by atoms with Crippen molar-refractivity contribution >= 4 is 28.9 Å². The molecular weight excluding hydrogens is 504 g/mol. The van der Waals surface area contributed by atoms with Gasteiger partial charge in [-0.25, -0.2) is 9.59 Å². The predicted octanol–water partition coefficient (Wildman–Crippen LogP) is 1.63. The molecule has 3 amide bonds. The van der Waals surface area contributed by atoms with Crippen molar-refractivity contribution in [1.82, 2.24) is 19.8 Å². The van der Waals surface area contributed by atoms with Gasteiger partial charge in [-0.1, -0.05) is 42.2 Å². The summed E-state index contributed by atoms with van der Waals surface area (Å²) < 4.78 is 18.9. The summed E-state index contributed by atoms with van der Waals surface area (Å²) in [6.07, 6.45) is -0.0293. The van der Waals surface area contributed by atoms with Crippen LogP contribution in [0.2, 0.25) is 0 Å². The molecule has 1 aliphatic rings. The average Bonchev–Trinajstić information content (AvgIpc) is 3.18. The monoisotopic (exact) mass is 534 g/mol. The van der Waals surface area contributed by atoms with Crippen molar-refractivity contribution in [3.8, 4) is 11.8 Å². The average molecular weight is 535 g/mol. The minimum absolute atomic E-state index is 0.189. The molecule has 0 aliphatic carbocycles. The molecule has 0 bridgehead atoms. The lowest BCUT2D eigenvalue weighted by Gasteiger charge is -2.21. The number of imidazole rings is 1. The van der Waals surface area contributed by atoms with Crippen molar-refractivity contribution in [2.24, 2.45) is 7.05 Å². The van der Waals surface area contributed by atoms with E-state index < -0.39 is 18.0 Å². The van der Waals surface area contributed by atoms with Crippen molar-refractivity contribution in [2.75, 3.05) is 33.0 Å². The van der Waals surface area contributed by atoms with E-state index >= 15 is 0 Å². The number of aryl methyl sites for hydroxylation is 1. The molecule has 0 saturated carbocycles. The van der Waals surface area contributed by atoms with Crippen LogP contribution in [0.3, 0.4) is 0 Å². The lowest BCUT2D eigenvalue weighted by Crippen LogP contribution is -2.44. The first kappa shape index (κ1) is 27.6. The lowest BCUT2D eigenvalue weighted by atomic mass is 10.1. The molecule has 2 heterocycles. The highest BCUT2D eigenvalue weighted by Crippen LogP contribution is 2.23. The number of carbonyl (C=O) groups excluding carboxylic acids is 3. The number of hydrogen-bond acceptors (Lipinski definition) is 7. The van der Waals surface area contributed by atoms with Crippen molar-refractivity contribution in [1.29, 1.82) is 0 Å². The van der Waals surface area contributed by atoms with E-state index in [0.29, 0.717) is 43.0 Å². The summed E-state index contributed by atoms with van der Waals surface area (Å²) in [5.41, 5.74) is 2.54. The number of benzene rings is 2. The summed E-state index contributed by atoms with van der Waals surface area (Å²) in [7, 11) is 1.64. The van der Waals surface area contributed by atoms with Crippen LogP contribution in [0.4, 0.5) is 4.79 Å². The Labute approximate surface area is 225 Å². The molecule has 204 valence electrons. The smallest absolute Gasteiger partial charge is 0.407 e. The number of amides is 3.